The van der Waals surface area contributed by atoms with Gasteiger partial charge in [0.05, 0.1) is 0 Å². The summed E-state index contributed by atoms with van der Waals surface area (Å²) in [6.45, 7) is 3.08. The lowest BCUT2D eigenvalue weighted by molar-refractivity contribution is -0.123. The monoisotopic (exact) mass is 482 g/mol. The van der Waals surface area contributed by atoms with Crippen molar-refractivity contribution in [2.75, 3.05) is 19.6 Å². The quantitative estimate of drug-likeness (QED) is 0.258. The standard InChI is InChI=1S/C33H42N2O/c34-32(36)33(29-20-12-7-13-21-29,30-22-14-8-15-23-30)31-24-26-35(27-31)25-16-5-3-1-2-4-9-17-28-18-10-6-11-19-28/h6-8,10-15,18-23,31H,1-5,9,16-17,24-27H2,(H2,34,36). The summed E-state index contributed by atoms with van der Waals surface area (Å²) < 4.78 is 0. The fraction of sp³-hybridized carbons (Fsp3) is 0.424. The number of carbonyl (C=O) groups is 1. The molecule has 0 radical (unpaired) electrons. The van der Waals surface area contributed by atoms with Gasteiger partial charge in [-0.25, -0.2) is 0 Å². The molecule has 3 aromatic carbocycles. The molecule has 1 amide bonds. The first-order chi connectivity index (χ1) is 17.7. The highest BCUT2D eigenvalue weighted by atomic mass is 16.1. The summed E-state index contributed by atoms with van der Waals surface area (Å²) in [6, 6.07) is 31.2. The Morgan fingerprint density at radius 1 is 0.722 bits per heavy atom. The lowest BCUT2D eigenvalue weighted by Crippen LogP contribution is -2.49. The SMILES string of the molecule is NC(=O)C(c1ccccc1)(c1ccccc1)C1CCN(CCCCCCCCCc2ccccc2)C1. The van der Waals surface area contributed by atoms with Crippen molar-refractivity contribution in [3.8, 4) is 0 Å². The molecule has 4 rings (SSSR count). The minimum atomic E-state index is -0.781. The van der Waals surface area contributed by atoms with E-state index in [-0.39, 0.29) is 11.8 Å². The Bertz CT molecular complexity index is 996. The van der Waals surface area contributed by atoms with Crippen LogP contribution in [0, 0.1) is 5.92 Å². The zero-order valence-corrected chi connectivity index (χ0v) is 21.7. The van der Waals surface area contributed by atoms with Crippen molar-refractivity contribution in [3.63, 3.8) is 0 Å². The molecule has 1 aliphatic rings. The van der Waals surface area contributed by atoms with Gasteiger partial charge in [-0.2, -0.15) is 0 Å². The molecule has 3 nitrogen and oxygen atoms in total. The topological polar surface area (TPSA) is 46.3 Å². The Kier molecular flexibility index (Phi) is 9.75. The number of carbonyl (C=O) groups excluding carboxylic acids is 1. The van der Waals surface area contributed by atoms with Gasteiger partial charge in [-0.05, 0) is 61.4 Å². The van der Waals surface area contributed by atoms with E-state index in [1.165, 1.54) is 56.9 Å². The third-order valence-electron chi connectivity index (χ3n) is 8.01. The zero-order valence-electron chi connectivity index (χ0n) is 21.7. The molecule has 1 heterocycles. The van der Waals surface area contributed by atoms with E-state index in [1.807, 2.05) is 36.4 Å². The predicted molar refractivity (Wildman–Crippen MR) is 150 cm³/mol. The van der Waals surface area contributed by atoms with E-state index < -0.39 is 5.41 Å². The number of hydrogen-bond donors (Lipinski definition) is 1. The summed E-state index contributed by atoms with van der Waals surface area (Å²) in [6.07, 6.45) is 11.3. The van der Waals surface area contributed by atoms with Gasteiger partial charge in [0.15, 0.2) is 0 Å². The van der Waals surface area contributed by atoms with E-state index >= 15 is 0 Å². The lowest BCUT2D eigenvalue weighted by atomic mass is 9.64. The molecule has 1 unspecified atom stereocenters. The minimum Gasteiger partial charge on any atom is -0.369 e. The van der Waals surface area contributed by atoms with Gasteiger partial charge in [0.25, 0.3) is 0 Å². The first kappa shape index (κ1) is 26.2. The summed E-state index contributed by atoms with van der Waals surface area (Å²) in [4.78, 5) is 15.8. The van der Waals surface area contributed by atoms with E-state index in [2.05, 4.69) is 59.5 Å². The largest absolute Gasteiger partial charge is 0.369 e. The number of likely N-dealkylation sites (tertiary alicyclic amines) is 1. The fourth-order valence-corrected chi connectivity index (χ4v) is 6.11. The molecular formula is C33H42N2O. The van der Waals surface area contributed by atoms with Crippen LogP contribution in [0.25, 0.3) is 0 Å². The van der Waals surface area contributed by atoms with Crippen LogP contribution < -0.4 is 5.73 Å². The van der Waals surface area contributed by atoms with Crippen LogP contribution in [0.1, 0.15) is 68.1 Å². The van der Waals surface area contributed by atoms with Crippen molar-refractivity contribution in [2.45, 2.75) is 63.2 Å². The molecule has 3 heteroatoms. The molecule has 1 fully saturated rings. The second kappa shape index (κ2) is 13.4. The molecule has 0 aromatic heterocycles. The highest BCUT2D eigenvalue weighted by Gasteiger charge is 2.49. The van der Waals surface area contributed by atoms with Crippen LogP contribution in [0.2, 0.25) is 0 Å². The van der Waals surface area contributed by atoms with Crippen molar-refractivity contribution < 1.29 is 4.79 Å². The lowest BCUT2D eigenvalue weighted by Gasteiger charge is -2.37. The van der Waals surface area contributed by atoms with Crippen LogP contribution in [0.15, 0.2) is 91.0 Å². The summed E-state index contributed by atoms with van der Waals surface area (Å²) in [5.74, 6) is -0.0524. The van der Waals surface area contributed by atoms with Crippen molar-refractivity contribution >= 4 is 5.91 Å². The Balaban J connectivity index is 1.24. The average Bonchev–Trinajstić information content (AvgIpc) is 3.39. The second-order valence-electron chi connectivity index (χ2n) is 10.4. The number of unbranched alkanes of at least 4 members (excludes halogenated alkanes) is 6. The van der Waals surface area contributed by atoms with E-state index in [0.717, 1.165) is 37.2 Å². The number of nitrogens with zero attached hydrogens (tertiary/aromatic N) is 1. The number of primary amides is 1. The molecular weight excluding hydrogens is 440 g/mol. The van der Waals surface area contributed by atoms with Crippen LogP contribution in [0.5, 0.6) is 0 Å². The summed E-state index contributed by atoms with van der Waals surface area (Å²) in [5, 5.41) is 0. The average molecular weight is 483 g/mol. The maximum absolute atomic E-state index is 13.2. The van der Waals surface area contributed by atoms with Gasteiger partial charge in [0.2, 0.25) is 5.91 Å². The summed E-state index contributed by atoms with van der Waals surface area (Å²) in [7, 11) is 0. The molecule has 2 N–H and O–H groups in total. The van der Waals surface area contributed by atoms with Crippen LogP contribution in [0.4, 0.5) is 0 Å². The minimum absolute atomic E-state index is 0.185. The highest BCUT2D eigenvalue weighted by molar-refractivity contribution is 5.91. The molecule has 0 aliphatic carbocycles. The van der Waals surface area contributed by atoms with Crippen LogP contribution in [0.3, 0.4) is 0 Å². The van der Waals surface area contributed by atoms with E-state index in [1.54, 1.807) is 0 Å². The number of hydrogen-bond acceptors (Lipinski definition) is 2. The molecule has 190 valence electrons. The Morgan fingerprint density at radius 2 is 1.22 bits per heavy atom. The van der Waals surface area contributed by atoms with Gasteiger partial charge in [0, 0.05) is 6.54 Å². The van der Waals surface area contributed by atoms with E-state index in [9.17, 15) is 4.79 Å². The molecule has 3 aromatic rings. The fourth-order valence-electron chi connectivity index (χ4n) is 6.11. The van der Waals surface area contributed by atoms with Crippen molar-refractivity contribution in [1.82, 2.24) is 4.90 Å². The number of amides is 1. The zero-order chi connectivity index (χ0) is 25.1. The first-order valence-corrected chi connectivity index (χ1v) is 13.9. The Morgan fingerprint density at radius 3 is 1.78 bits per heavy atom. The van der Waals surface area contributed by atoms with Crippen LogP contribution in [-0.4, -0.2) is 30.4 Å². The van der Waals surface area contributed by atoms with Crippen LogP contribution in [-0.2, 0) is 16.6 Å². The molecule has 1 aliphatic heterocycles. The number of rotatable bonds is 14. The third kappa shape index (κ3) is 6.44. The summed E-state index contributed by atoms with van der Waals surface area (Å²) in [5.41, 5.74) is 8.94. The van der Waals surface area contributed by atoms with Gasteiger partial charge < -0.3 is 10.6 Å². The van der Waals surface area contributed by atoms with Gasteiger partial charge in [-0.15, -0.1) is 0 Å². The normalized spacial score (nSPS) is 16.3. The van der Waals surface area contributed by atoms with Gasteiger partial charge in [-0.1, -0.05) is 123 Å². The molecule has 36 heavy (non-hydrogen) atoms. The Hall–Kier alpha value is -2.91. The number of aryl methyl sites for hydroxylation is 1. The molecule has 1 saturated heterocycles. The van der Waals surface area contributed by atoms with Crippen molar-refractivity contribution in [3.05, 3.63) is 108 Å². The van der Waals surface area contributed by atoms with Crippen LogP contribution >= 0.6 is 0 Å². The van der Waals surface area contributed by atoms with Crippen molar-refractivity contribution in [1.29, 1.82) is 0 Å². The molecule has 0 bridgehead atoms. The molecule has 1 atom stereocenters. The van der Waals surface area contributed by atoms with E-state index in [0.29, 0.717) is 0 Å². The van der Waals surface area contributed by atoms with Gasteiger partial charge >= 0.3 is 0 Å². The second-order valence-corrected chi connectivity index (χ2v) is 10.4. The van der Waals surface area contributed by atoms with Gasteiger partial charge in [0.1, 0.15) is 5.41 Å². The maximum Gasteiger partial charge on any atom is 0.232 e. The molecule has 0 saturated carbocycles. The third-order valence-corrected chi connectivity index (χ3v) is 8.01. The van der Waals surface area contributed by atoms with E-state index in [4.69, 9.17) is 5.73 Å². The van der Waals surface area contributed by atoms with Gasteiger partial charge in [-0.3, -0.25) is 4.79 Å². The smallest absolute Gasteiger partial charge is 0.232 e. The van der Waals surface area contributed by atoms with Crippen molar-refractivity contribution in [2.24, 2.45) is 11.7 Å². The summed E-state index contributed by atoms with van der Waals surface area (Å²) >= 11 is 0. The Labute approximate surface area is 217 Å². The predicted octanol–water partition coefficient (Wildman–Crippen LogP) is 6.75. The highest BCUT2D eigenvalue weighted by Crippen LogP contribution is 2.43. The maximum atomic E-state index is 13.2. The number of benzene rings is 3. The number of nitrogens with two attached hydrogens (primary N) is 1. The first-order valence-electron chi connectivity index (χ1n) is 13.9. The molecule has 0 spiro atoms.